The Balaban J connectivity index is 1.85. The minimum Gasteiger partial charge on any atom is -0.340 e. The highest BCUT2D eigenvalue weighted by atomic mass is 35.5. The Bertz CT molecular complexity index is 839. The van der Waals surface area contributed by atoms with Crippen molar-refractivity contribution < 1.29 is 0 Å². The van der Waals surface area contributed by atoms with E-state index < -0.39 is 0 Å². The number of halogens is 1. The third-order valence-electron chi connectivity index (χ3n) is 4.03. The second-order valence-corrected chi connectivity index (χ2v) is 7.03. The summed E-state index contributed by atoms with van der Waals surface area (Å²) in [7, 11) is 0. The average molecular weight is 330 g/mol. The summed E-state index contributed by atoms with van der Waals surface area (Å²) in [6.07, 6.45) is 4.40. The summed E-state index contributed by atoms with van der Waals surface area (Å²) < 4.78 is 0. The molecule has 4 rings (SSSR count). The highest BCUT2D eigenvalue weighted by molar-refractivity contribution is 7.19. The molecule has 5 heteroatoms. The van der Waals surface area contributed by atoms with Crippen LogP contribution in [-0.4, -0.2) is 9.97 Å². The molecule has 3 nitrogen and oxygen atoms in total. The van der Waals surface area contributed by atoms with Gasteiger partial charge in [0.05, 0.1) is 5.39 Å². The Labute approximate surface area is 138 Å². The molecule has 0 fully saturated rings. The van der Waals surface area contributed by atoms with Crippen molar-refractivity contribution in [1.29, 1.82) is 0 Å². The molecular formula is C17H16ClN3S. The summed E-state index contributed by atoms with van der Waals surface area (Å²) in [6, 6.07) is 7.74. The van der Waals surface area contributed by atoms with Gasteiger partial charge in [-0.3, -0.25) is 0 Å². The van der Waals surface area contributed by atoms with Crippen LogP contribution < -0.4 is 5.32 Å². The smallest absolute Gasteiger partial charge is 0.143 e. The predicted molar refractivity (Wildman–Crippen MR) is 93.6 cm³/mol. The molecular weight excluding hydrogens is 314 g/mol. The fraction of sp³-hybridized carbons (Fsp3) is 0.294. The SMILES string of the molecule is CCc1nc(Nc2ccc(Cl)cc2)c2c3c(sc2n1)CCC3. The molecule has 1 N–H and O–H groups in total. The average Bonchev–Trinajstić information content (AvgIpc) is 3.09. The van der Waals surface area contributed by atoms with Crippen LogP contribution in [0.3, 0.4) is 0 Å². The monoisotopic (exact) mass is 329 g/mol. The molecule has 0 aliphatic heterocycles. The summed E-state index contributed by atoms with van der Waals surface area (Å²) in [5.74, 6) is 1.83. The van der Waals surface area contributed by atoms with Crippen molar-refractivity contribution in [3.63, 3.8) is 0 Å². The summed E-state index contributed by atoms with van der Waals surface area (Å²) in [6.45, 7) is 2.09. The molecule has 0 spiro atoms. The zero-order valence-electron chi connectivity index (χ0n) is 12.3. The second-order valence-electron chi connectivity index (χ2n) is 5.51. The van der Waals surface area contributed by atoms with E-state index in [-0.39, 0.29) is 0 Å². The van der Waals surface area contributed by atoms with Crippen molar-refractivity contribution in [3.8, 4) is 0 Å². The molecule has 1 aromatic carbocycles. The number of rotatable bonds is 3. The number of fused-ring (bicyclic) bond motifs is 3. The van der Waals surface area contributed by atoms with Crippen molar-refractivity contribution in [2.75, 3.05) is 5.32 Å². The third-order valence-corrected chi connectivity index (χ3v) is 5.47. The van der Waals surface area contributed by atoms with Gasteiger partial charge in [-0.25, -0.2) is 9.97 Å². The number of aryl methyl sites for hydroxylation is 3. The summed E-state index contributed by atoms with van der Waals surface area (Å²) >= 11 is 7.80. The summed E-state index contributed by atoms with van der Waals surface area (Å²) in [5.41, 5.74) is 2.45. The van der Waals surface area contributed by atoms with Gasteiger partial charge in [0.1, 0.15) is 16.5 Å². The lowest BCUT2D eigenvalue weighted by Gasteiger charge is -2.09. The van der Waals surface area contributed by atoms with E-state index in [1.165, 1.54) is 28.7 Å². The Kier molecular flexibility index (Phi) is 3.51. The number of nitrogens with zero attached hydrogens (tertiary/aromatic N) is 2. The first-order valence-electron chi connectivity index (χ1n) is 7.58. The third kappa shape index (κ3) is 2.36. The molecule has 1 aliphatic carbocycles. The van der Waals surface area contributed by atoms with Gasteiger partial charge >= 0.3 is 0 Å². The van der Waals surface area contributed by atoms with Crippen LogP contribution in [0.5, 0.6) is 0 Å². The van der Waals surface area contributed by atoms with E-state index in [1.807, 2.05) is 35.6 Å². The lowest BCUT2D eigenvalue weighted by atomic mass is 10.2. The number of aromatic nitrogens is 2. The first-order chi connectivity index (χ1) is 10.7. The minimum absolute atomic E-state index is 0.740. The molecule has 0 saturated heterocycles. The number of hydrogen-bond acceptors (Lipinski definition) is 4. The summed E-state index contributed by atoms with van der Waals surface area (Å²) in [5, 5.41) is 5.41. The van der Waals surface area contributed by atoms with Crippen LogP contribution in [-0.2, 0) is 19.3 Å². The van der Waals surface area contributed by atoms with Crippen LogP contribution >= 0.6 is 22.9 Å². The molecule has 0 amide bonds. The Morgan fingerprint density at radius 1 is 1.18 bits per heavy atom. The van der Waals surface area contributed by atoms with E-state index in [1.54, 1.807) is 0 Å². The number of anilines is 2. The van der Waals surface area contributed by atoms with E-state index >= 15 is 0 Å². The van der Waals surface area contributed by atoms with E-state index in [2.05, 4.69) is 12.2 Å². The van der Waals surface area contributed by atoms with Gasteiger partial charge in [0.2, 0.25) is 0 Å². The molecule has 0 radical (unpaired) electrons. The van der Waals surface area contributed by atoms with Crippen LogP contribution in [0.15, 0.2) is 24.3 Å². The molecule has 112 valence electrons. The molecule has 0 saturated carbocycles. The summed E-state index contributed by atoms with van der Waals surface area (Å²) in [4.78, 5) is 12.1. The molecule has 22 heavy (non-hydrogen) atoms. The number of thiophene rings is 1. The van der Waals surface area contributed by atoms with Crippen LogP contribution in [0.2, 0.25) is 5.02 Å². The second kappa shape index (κ2) is 5.52. The molecule has 2 aromatic heterocycles. The molecule has 3 aromatic rings. The van der Waals surface area contributed by atoms with Gasteiger partial charge in [0.25, 0.3) is 0 Å². The van der Waals surface area contributed by atoms with Crippen LogP contribution in [0.25, 0.3) is 10.2 Å². The Morgan fingerprint density at radius 3 is 2.77 bits per heavy atom. The van der Waals surface area contributed by atoms with Crippen molar-refractivity contribution in [2.24, 2.45) is 0 Å². The van der Waals surface area contributed by atoms with Crippen molar-refractivity contribution in [1.82, 2.24) is 9.97 Å². The van der Waals surface area contributed by atoms with Gasteiger partial charge < -0.3 is 5.32 Å². The van der Waals surface area contributed by atoms with Gasteiger partial charge in [-0.15, -0.1) is 11.3 Å². The highest BCUT2D eigenvalue weighted by Crippen LogP contribution is 2.40. The van der Waals surface area contributed by atoms with E-state index in [9.17, 15) is 0 Å². The maximum absolute atomic E-state index is 5.96. The molecule has 0 atom stereocenters. The quantitative estimate of drug-likeness (QED) is 0.723. The van der Waals surface area contributed by atoms with Gasteiger partial charge in [0, 0.05) is 22.0 Å². The maximum atomic E-state index is 5.96. The van der Waals surface area contributed by atoms with Crippen LogP contribution in [0.1, 0.15) is 29.6 Å². The predicted octanol–water partition coefficient (Wildman–Crippen LogP) is 5.14. The van der Waals surface area contributed by atoms with Crippen LogP contribution in [0.4, 0.5) is 11.5 Å². The number of nitrogens with one attached hydrogen (secondary N) is 1. The minimum atomic E-state index is 0.740. The van der Waals surface area contributed by atoms with Gasteiger partial charge in [0.15, 0.2) is 0 Å². The first-order valence-corrected chi connectivity index (χ1v) is 8.78. The molecule has 1 aliphatic rings. The van der Waals surface area contributed by atoms with Gasteiger partial charge in [-0.05, 0) is 49.1 Å². The highest BCUT2D eigenvalue weighted by Gasteiger charge is 2.22. The Hall–Kier alpha value is -1.65. The molecule has 0 bridgehead atoms. The fourth-order valence-corrected chi connectivity index (χ4v) is 4.36. The first kappa shape index (κ1) is 14.0. The van der Waals surface area contributed by atoms with Gasteiger partial charge in [-0.1, -0.05) is 18.5 Å². The lowest BCUT2D eigenvalue weighted by molar-refractivity contribution is 0.915. The number of hydrogen-bond donors (Lipinski definition) is 1. The zero-order valence-corrected chi connectivity index (χ0v) is 13.9. The van der Waals surface area contributed by atoms with Crippen molar-refractivity contribution in [3.05, 3.63) is 45.6 Å². The largest absolute Gasteiger partial charge is 0.340 e. The maximum Gasteiger partial charge on any atom is 0.143 e. The molecule has 2 heterocycles. The van der Waals surface area contributed by atoms with E-state index in [0.717, 1.165) is 40.0 Å². The van der Waals surface area contributed by atoms with Crippen LogP contribution in [0, 0.1) is 0 Å². The Morgan fingerprint density at radius 2 is 2.00 bits per heavy atom. The standard InChI is InChI=1S/C17H16ClN3S/c1-2-14-20-16(19-11-8-6-10(18)7-9-11)15-12-4-3-5-13(12)22-17(15)21-14/h6-9H,2-5H2,1H3,(H,19,20,21). The lowest BCUT2D eigenvalue weighted by Crippen LogP contribution is -2.00. The fourth-order valence-electron chi connectivity index (χ4n) is 2.96. The zero-order chi connectivity index (χ0) is 15.1. The van der Waals surface area contributed by atoms with Crippen molar-refractivity contribution in [2.45, 2.75) is 32.6 Å². The molecule has 0 unspecified atom stereocenters. The van der Waals surface area contributed by atoms with Crippen molar-refractivity contribution >= 4 is 44.7 Å². The van der Waals surface area contributed by atoms with Gasteiger partial charge in [-0.2, -0.15) is 0 Å². The normalized spacial score (nSPS) is 13.5. The number of benzene rings is 1. The van der Waals surface area contributed by atoms with E-state index in [0.29, 0.717) is 0 Å². The topological polar surface area (TPSA) is 37.8 Å². The van der Waals surface area contributed by atoms with E-state index in [4.69, 9.17) is 21.6 Å².